The van der Waals surface area contributed by atoms with Gasteiger partial charge in [-0.25, -0.2) is 0 Å². The number of carbonyl (C=O) groups is 1. The fraction of sp³-hybridized carbons (Fsp3) is 0.462. The van der Waals surface area contributed by atoms with Crippen molar-refractivity contribution in [3.8, 4) is 0 Å². The second-order valence-electron chi connectivity index (χ2n) is 4.36. The molecule has 1 heterocycles. The molecule has 1 aromatic carbocycles. The molecule has 1 fully saturated rings. The Balaban J connectivity index is 2.14. The van der Waals surface area contributed by atoms with E-state index in [2.05, 4.69) is 27.9 Å². The highest BCUT2D eigenvalue weighted by molar-refractivity contribution is 14.1. The molecule has 1 saturated heterocycles. The number of nitrogens with one attached hydrogen (secondary N) is 1. The standard InChI is InChI=1S/C13H17IN2O/c1-15-9-12-6-3-7-16(12)13(17)10-4-2-5-11(14)8-10/h2,4-5,8,12,15H,3,6-7,9H2,1H3. The van der Waals surface area contributed by atoms with Crippen molar-refractivity contribution in [2.75, 3.05) is 20.1 Å². The molecule has 0 aromatic heterocycles. The molecule has 1 aliphatic rings. The van der Waals surface area contributed by atoms with Crippen LogP contribution in [0.15, 0.2) is 24.3 Å². The van der Waals surface area contributed by atoms with Gasteiger partial charge < -0.3 is 10.2 Å². The lowest BCUT2D eigenvalue weighted by Crippen LogP contribution is -2.40. The number of hydrogen-bond acceptors (Lipinski definition) is 2. The minimum Gasteiger partial charge on any atom is -0.334 e. The molecule has 3 nitrogen and oxygen atoms in total. The molecule has 4 heteroatoms. The SMILES string of the molecule is CNCC1CCCN1C(=O)c1cccc(I)c1. The number of halogens is 1. The van der Waals surface area contributed by atoms with Gasteiger partial charge in [-0.15, -0.1) is 0 Å². The maximum atomic E-state index is 12.4. The zero-order chi connectivity index (χ0) is 12.3. The zero-order valence-electron chi connectivity index (χ0n) is 9.95. The van der Waals surface area contributed by atoms with Crippen LogP contribution < -0.4 is 5.32 Å². The summed E-state index contributed by atoms with van der Waals surface area (Å²) in [5.41, 5.74) is 0.805. The summed E-state index contributed by atoms with van der Waals surface area (Å²) in [4.78, 5) is 14.4. The number of likely N-dealkylation sites (tertiary alicyclic amines) is 1. The molecular weight excluding hydrogens is 327 g/mol. The Hall–Kier alpha value is -0.620. The van der Waals surface area contributed by atoms with E-state index < -0.39 is 0 Å². The number of likely N-dealkylation sites (N-methyl/N-ethyl adjacent to an activating group) is 1. The highest BCUT2D eigenvalue weighted by atomic mass is 127. The van der Waals surface area contributed by atoms with Gasteiger partial charge in [0, 0.05) is 28.3 Å². The van der Waals surface area contributed by atoms with E-state index in [4.69, 9.17) is 0 Å². The monoisotopic (exact) mass is 344 g/mol. The second kappa shape index (κ2) is 5.82. The summed E-state index contributed by atoms with van der Waals surface area (Å²) in [6.07, 6.45) is 2.22. The first-order chi connectivity index (χ1) is 8.22. The van der Waals surface area contributed by atoms with Crippen molar-refractivity contribution in [3.63, 3.8) is 0 Å². The van der Waals surface area contributed by atoms with Gasteiger partial charge in [0.15, 0.2) is 0 Å². The molecule has 92 valence electrons. The number of rotatable bonds is 3. The van der Waals surface area contributed by atoms with Crippen LogP contribution in [0.25, 0.3) is 0 Å². The van der Waals surface area contributed by atoms with Gasteiger partial charge in [-0.2, -0.15) is 0 Å². The Kier molecular flexibility index (Phi) is 4.39. The number of carbonyl (C=O) groups excluding carboxylic acids is 1. The number of amides is 1. The van der Waals surface area contributed by atoms with Gasteiger partial charge in [0.1, 0.15) is 0 Å². The predicted octanol–water partition coefficient (Wildman–Crippen LogP) is 2.12. The summed E-state index contributed by atoms with van der Waals surface area (Å²) in [6.45, 7) is 1.77. The first kappa shape index (κ1) is 12.8. The van der Waals surface area contributed by atoms with Crippen LogP contribution in [-0.2, 0) is 0 Å². The molecule has 0 spiro atoms. The summed E-state index contributed by atoms with van der Waals surface area (Å²) in [5, 5.41) is 3.16. The van der Waals surface area contributed by atoms with E-state index in [1.807, 2.05) is 36.2 Å². The summed E-state index contributed by atoms with van der Waals surface area (Å²) in [5.74, 6) is 0.168. The molecule has 0 radical (unpaired) electrons. The van der Waals surface area contributed by atoms with Crippen LogP contribution in [0, 0.1) is 3.57 Å². The number of benzene rings is 1. The van der Waals surface area contributed by atoms with Crippen LogP contribution >= 0.6 is 22.6 Å². The molecular formula is C13H17IN2O. The molecule has 0 aliphatic carbocycles. The maximum Gasteiger partial charge on any atom is 0.254 e. The van der Waals surface area contributed by atoms with E-state index in [0.29, 0.717) is 6.04 Å². The van der Waals surface area contributed by atoms with E-state index >= 15 is 0 Å². The summed E-state index contributed by atoms with van der Waals surface area (Å²) >= 11 is 2.24. The Morgan fingerprint density at radius 1 is 1.59 bits per heavy atom. The minimum absolute atomic E-state index is 0.168. The van der Waals surface area contributed by atoms with Crippen LogP contribution in [0.1, 0.15) is 23.2 Å². The topological polar surface area (TPSA) is 32.3 Å². The van der Waals surface area contributed by atoms with E-state index in [1.165, 1.54) is 0 Å². The van der Waals surface area contributed by atoms with Crippen LogP contribution in [0.3, 0.4) is 0 Å². The van der Waals surface area contributed by atoms with Crippen molar-refractivity contribution >= 4 is 28.5 Å². The van der Waals surface area contributed by atoms with Crippen molar-refractivity contribution < 1.29 is 4.79 Å². The average Bonchev–Trinajstić information content (AvgIpc) is 2.77. The van der Waals surface area contributed by atoms with Crippen LogP contribution in [0.4, 0.5) is 0 Å². The summed E-state index contributed by atoms with van der Waals surface area (Å²) in [7, 11) is 1.94. The Morgan fingerprint density at radius 3 is 3.12 bits per heavy atom. The fourth-order valence-corrected chi connectivity index (χ4v) is 2.88. The minimum atomic E-state index is 0.168. The lowest BCUT2D eigenvalue weighted by atomic mass is 10.1. The Labute approximate surface area is 116 Å². The molecule has 0 bridgehead atoms. The van der Waals surface area contributed by atoms with Crippen LogP contribution in [-0.4, -0.2) is 37.0 Å². The lowest BCUT2D eigenvalue weighted by Gasteiger charge is -2.24. The molecule has 1 unspecified atom stereocenters. The van der Waals surface area contributed by atoms with E-state index in [0.717, 1.165) is 35.1 Å². The molecule has 2 rings (SSSR count). The number of nitrogens with zero attached hydrogens (tertiary/aromatic N) is 1. The van der Waals surface area contributed by atoms with Crippen molar-refractivity contribution in [1.29, 1.82) is 0 Å². The normalized spacial score (nSPS) is 19.6. The number of hydrogen-bond donors (Lipinski definition) is 1. The van der Waals surface area contributed by atoms with Crippen molar-refractivity contribution in [2.45, 2.75) is 18.9 Å². The molecule has 1 N–H and O–H groups in total. The van der Waals surface area contributed by atoms with E-state index in [-0.39, 0.29) is 5.91 Å². The third kappa shape index (κ3) is 2.98. The Morgan fingerprint density at radius 2 is 2.41 bits per heavy atom. The molecule has 17 heavy (non-hydrogen) atoms. The van der Waals surface area contributed by atoms with Gasteiger partial charge in [-0.1, -0.05) is 6.07 Å². The molecule has 1 aromatic rings. The molecule has 0 saturated carbocycles. The van der Waals surface area contributed by atoms with E-state index in [1.54, 1.807) is 0 Å². The van der Waals surface area contributed by atoms with Gasteiger partial charge in [-0.3, -0.25) is 4.79 Å². The highest BCUT2D eigenvalue weighted by Crippen LogP contribution is 2.20. The van der Waals surface area contributed by atoms with E-state index in [9.17, 15) is 4.79 Å². The fourth-order valence-electron chi connectivity index (χ4n) is 2.34. The van der Waals surface area contributed by atoms with Gasteiger partial charge in [0.2, 0.25) is 0 Å². The highest BCUT2D eigenvalue weighted by Gasteiger charge is 2.28. The summed E-state index contributed by atoms with van der Waals surface area (Å²) < 4.78 is 1.11. The van der Waals surface area contributed by atoms with Gasteiger partial charge in [0.25, 0.3) is 5.91 Å². The van der Waals surface area contributed by atoms with Gasteiger partial charge in [0.05, 0.1) is 0 Å². The first-order valence-corrected chi connectivity index (χ1v) is 7.01. The smallest absolute Gasteiger partial charge is 0.254 e. The Bertz CT molecular complexity index is 408. The molecule has 1 atom stereocenters. The lowest BCUT2D eigenvalue weighted by molar-refractivity contribution is 0.0737. The third-order valence-corrected chi connectivity index (χ3v) is 3.82. The molecule has 1 amide bonds. The van der Waals surface area contributed by atoms with Crippen LogP contribution in [0.5, 0.6) is 0 Å². The van der Waals surface area contributed by atoms with Crippen molar-refractivity contribution in [2.24, 2.45) is 0 Å². The van der Waals surface area contributed by atoms with Gasteiger partial charge >= 0.3 is 0 Å². The van der Waals surface area contributed by atoms with Crippen molar-refractivity contribution in [3.05, 3.63) is 33.4 Å². The molecule has 1 aliphatic heterocycles. The quantitative estimate of drug-likeness (QED) is 0.852. The average molecular weight is 344 g/mol. The summed E-state index contributed by atoms with van der Waals surface area (Å²) in [6, 6.07) is 8.16. The second-order valence-corrected chi connectivity index (χ2v) is 5.61. The maximum absolute atomic E-state index is 12.4. The van der Waals surface area contributed by atoms with Crippen molar-refractivity contribution in [1.82, 2.24) is 10.2 Å². The van der Waals surface area contributed by atoms with Crippen LogP contribution in [0.2, 0.25) is 0 Å². The van der Waals surface area contributed by atoms with Gasteiger partial charge in [-0.05, 0) is 60.7 Å². The zero-order valence-corrected chi connectivity index (χ0v) is 12.1. The predicted molar refractivity (Wildman–Crippen MR) is 77.1 cm³/mol. The first-order valence-electron chi connectivity index (χ1n) is 5.93. The third-order valence-electron chi connectivity index (χ3n) is 3.15. The largest absolute Gasteiger partial charge is 0.334 e.